The van der Waals surface area contributed by atoms with Gasteiger partial charge < -0.3 is 20.4 Å². The molecule has 0 fully saturated rings. The van der Waals surface area contributed by atoms with Crippen LogP contribution in [0.2, 0.25) is 0 Å². The highest BCUT2D eigenvalue weighted by atomic mass is 79.9. The molecular weight excluding hydrogens is 344 g/mol. The number of rotatable bonds is 3. The van der Waals surface area contributed by atoms with Gasteiger partial charge in [0.1, 0.15) is 5.75 Å². The van der Waals surface area contributed by atoms with E-state index >= 15 is 0 Å². The van der Waals surface area contributed by atoms with Gasteiger partial charge in [-0.3, -0.25) is 0 Å². The molecule has 0 aliphatic rings. The fourth-order valence-electron chi connectivity index (χ4n) is 2.56. The Hall–Kier alpha value is -2.21. The number of benzene rings is 2. The Morgan fingerprint density at radius 1 is 1.32 bits per heavy atom. The van der Waals surface area contributed by atoms with Crippen LogP contribution in [0, 0.1) is 6.92 Å². The topological polar surface area (TPSA) is 65.1 Å². The molecule has 1 aromatic heterocycles. The first-order valence-electron chi connectivity index (χ1n) is 6.83. The third-order valence-corrected chi connectivity index (χ3v) is 4.10. The van der Waals surface area contributed by atoms with Gasteiger partial charge in [0.15, 0.2) is 0 Å². The molecule has 0 saturated carbocycles. The number of aromatic nitrogens is 2. The maximum absolute atomic E-state index is 6.05. The average Bonchev–Trinajstić information content (AvgIpc) is 2.79. The molecule has 3 N–H and O–H groups in total. The fourth-order valence-corrected chi connectivity index (χ4v) is 3.11. The van der Waals surface area contributed by atoms with Gasteiger partial charge >= 0.3 is 0 Å². The van der Waals surface area contributed by atoms with Crippen LogP contribution in [0.5, 0.6) is 5.75 Å². The molecule has 2 aromatic carbocycles. The Morgan fingerprint density at radius 3 is 2.77 bits per heavy atom. The zero-order chi connectivity index (χ0) is 15.9. The van der Waals surface area contributed by atoms with Gasteiger partial charge in [-0.1, -0.05) is 22.0 Å². The van der Waals surface area contributed by atoms with E-state index in [1.807, 2.05) is 48.9 Å². The third kappa shape index (κ3) is 2.39. The van der Waals surface area contributed by atoms with E-state index in [4.69, 9.17) is 10.5 Å². The molecule has 0 radical (unpaired) electrons. The summed E-state index contributed by atoms with van der Waals surface area (Å²) in [6, 6.07) is 9.68. The molecule has 0 atom stereocenters. The summed E-state index contributed by atoms with van der Waals surface area (Å²) in [5, 5.41) is 3.35. The SMILES string of the molecule is COc1cc(Br)cc(C)c1Nc1nc2cccc(N)c2n1C. The molecule has 0 saturated heterocycles. The van der Waals surface area contributed by atoms with Gasteiger partial charge in [0, 0.05) is 11.5 Å². The Balaban J connectivity index is 2.11. The van der Waals surface area contributed by atoms with Crippen LogP contribution in [-0.2, 0) is 7.05 Å². The van der Waals surface area contributed by atoms with Crippen LogP contribution in [0.25, 0.3) is 11.0 Å². The number of methoxy groups -OCH3 is 1. The van der Waals surface area contributed by atoms with E-state index in [1.54, 1.807) is 7.11 Å². The highest BCUT2D eigenvalue weighted by Crippen LogP contribution is 2.35. The minimum Gasteiger partial charge on any atom is -0.495 e. The fraction of sp³-hybridized carbons (Fsp3) is 0.188. The quantitative estimate of drug-likeness (QED) is 0.693. The van der Waals surface area contributed by atoms with Crippen LogP contribution < -0.4 is 15.8 Å². The highest BCUT2D eigenvalue weighted by molar-refractivity contribution is 9.10. The Morgan fingerprint density at radius 2 is 2.09 bits per heavy atom. The summed E-state index contributed by atoms with van der Waals surface area (Å²) in [6.45, 7) is 2.02. The zero-order valence-corrected chi connectivity index (χ0v) is 14.2. The van der Waals surface area contributed by atoms with Crippen molar-refractivity contribution in [2.75, 3.05) is 18.2 Å². The Bertz CT molecular complexity index is 857. The van der Waals surface area contributed by atoms with Crippen LogP contribution in [0.1, 0.15) is 5.56 Å². The standard InChI is InChI=1S/C16H17BrN4O/c1-9-7-10(17)8-13(22-3)14(9)20-16-19-12-6-4-5-11(18)15(12)21(16)2/h4-8H,18H2,1-3H3,(H,19,20). The largest absolute Gasteiger partial charge is 0.495 e. The number of nitrogen functional groups attached to an aromatic ring is 1. The molecule has 6 heteroatoms. The molecule has 3 rings (SSSR count). The van der Waals surface area contributed by atoms with Crippen molar-refractivity contribution in [1.82, 2.24) is 9.55 Å². The van der Waals surface area contributed by atoms with E-state index in [9.17, 15) is 0 Å². The van der Waals surface area contributed by atoms with Gasteiger partial charge in [-0.2, -0.15) is 0 Å². The molecular formula is C16H17BrN4O. The van der Waals surface area contributed by atoms with E-state index in [1.165, 1.54) is 0 Å². The number of nitrogens with two attached hydrogens (primary N) is 1. The smallest absolute Gasteiger partial charge is 0.208 e. The monoisotopic (exact) mass is 360 g/mol. The molecule has 0 bridgehead atoms. The molecule has 5 nitrogen and oxygen atoms in total. The highest BCUT2D eigenvalue weighted by Gasteiger charge is 2.14. The first-order chi connectivity index (χ1) is 10.5. The second-order valence-electron chi connectivity index (χ2n) is 5.13. The molecule has 0 aliphatic carbocycles. The van der Waals surface area contributed by atoms with Crippen LogP contribution in [0.15, 0.2) is 34.8 Å². The van der Waals surface area contributed by atoms with E-state index in [0.717, 1.165) is 38.5 Å². The van der Waals surface area contributed by atoms with Crippen molar-refractivity contribution < 1.29 is 4.74 Å². The number of hydrogen-bond acceptors (Lipinski definition) is 4. The summed E-state index contributed by atoms with van der Waals surface area (Å²) in [6.07, 6.45) is 0. The molecule has 0 amide bonds. The van der Waals surface area contributed by atoms with Crippen LogP contribution >= 0.6 is 15.9 Å². The van der Waals surface area contributed by atoms with Gasteiger partial charge in [-0.05, 0) is 36.8 Å². The number of hydrogen-bond donors (Lipinski definition) is 2. The molecule has 22 heavy (non-hydrogen) atoms. The van der Waals surface area contributed by atoms with Gasteiger partial charge in [0.2, 0.25) is 5.95 Å². The van der Waals surface area contributed by atoms with Gasteiger partial charge in [0.05, 0.1) is 29.5 Å². The lowest BCUT2D eigenvalue weighted by molar-refractivity contribution is 0.416. The number of nitrogens with zero attached hydrogens (tertiary/aromatic N) is 2. The molecule has 0 spiro atoms. The number of fused-ring (bicyclic) bond motifs is 1. The van der Waals surface area contributed by atoms with E-state index in [-0.39, 0.29) is 0 Å². The number of ether oxygens (including phenoxy) is 1. The van der Waals surface area contributed by atoms with Crippen LogP contribution in [0.3, 0.4) is 0 Å². The second-order valence-corrected chi connectivity index (χ2v) is 6.05. The maximum atomic E-state index is 6.05. The number of imidazole rings is 1. The molecule has 114 valence electrons. The maximum Gasteiger partial charge on any atom is 0.208 e. The lowest BCUT2D eigenvalue weighted by Gasteiger charge is -2.14. The van der Waals surface area contributed by atoms with Crippen molar-refractivity contribution in [3.8, 4) is 5.75 Å². The molecule has 1 heterocycles. The van der Waals surface area contributed by atoms with Gasteiger partial charge in [-0.25, -0.2) is 4.98 Å². The van der Waals surface area contributed by atoms with E-state index < -0.39 is 0 Å². The van der Waals surface area contributed by atoms with Gasteiger partial charge in [0.25, 0.3) is 0 Å². The number of halogens is 1. The second kappa shape index (κ2) is 5.53. The number of aryl methyl sites for hydroxylation is 2. The molecule has 3 aromatic rings. The van der Waals surface area contributed by atoms with E-state index in [0.29, 0.717) is 5.69 Å². The minimum absolute atomic E-state index is 0.708. The molecule has 0 aliphatic heterocycles. The third-order valence-electron chi connectivity index (χ3n) is 3.65. The molecule has 0 unspecified atom stereocenters. The lowest BCUT2D eigenvalue weighted by atomic mass is 10.2. The van der Waals surface area contributed by atoms with Crippen molar-refractivity contribution in [2.45, 2.75) is 6.92 Å². The lowest BCUT2D eigenvalue weighted by Crippen LogP contribution is -2.03. The predicted molar refractivity (Wildman–Crippen MR) is 93.8 cm³/mol. The first-order valence-corrected chi connectivity index (χ1v) is 7.62. The van der Waals surface area contributed by atoms with Crippen molar-refractivity contribution in [3.05, 3.63) is 40.4 Å². The normalized spacial score (nSPS) is 10.9. The van der Waals surface area contributed by atoms with E-state index in [2.05, 4.69) is 26.2 Å². The summed E-state index contributed by atoms with van der Waals surface area (Å²) in [7, 11) is 3.59. The Labute approximate surface area is 137 Å². The number of anilines is 3. The van der Waals surface area contributed by atoms with Crippen molar-refractivity contribution >= 4 is 44.3 Å². The summed E-state index contributed by atoms with van der Waals surface area (Å²) < 4.78 is 8.39. The summed E-state index contributed by atoms with van der Waals surface area (Å²) in [5.41, 5.74) is 10.5. The summed E-state index contributed by atoms with van der Waals surface area (Å²) in [4.78, 5) is 4.61. The van der Waals surface area contributed by atoms with Crippen molar-refractivity contribution in [3.63, 3.8) is 0 Å². The number of para-hydroxylation sites is 1. The van der Waals surface area contributed by atoms with Crippen LogP contribution in [0.4, 0.5) is 17.3 Å². The average molecular weight is 361 g/mol. The van der Waals surface area contributed by atoms with Crippen molar-refractivity contribution in [1.29, 1.82) is 0 Å². The van der Waals surface area contributed by atoms with Gasteiger partial charge in [-0.15, -0.1) is 0 Å². The van der Waals surface area contributed by atoms with Crippen molar-refractivity contribution in [2.24, 2.45) is 7.05 Å². The summed E-state index contributed by atoms with van der Waals surface area (Å²) in [5.74, 6) is 1.48. The Kier molecular flexibility index (Phi) is 3.70. The van der Waals surface area contributed by atoms with Crippen LogP contribution in [-0.4, -0.2) is 16.7 Å². The zero-order valence-electron chi connectivity index (χ0n) is 12.6. The first kappa shape index (κ1) is 14.7. The number of nitrogens with one attached hydrogen (secondary N) is 1. The summed E-state index contributed by atoms with van der Waals surface area (Å²) >= 11 is 3.48. The minimum atomic E-state index is 0.708. The predicted octanol–water partition coefficient (Wildman–Crippen LogP) is 3.98.